The van der Waals surface area contributed by atoms with Gasteiger partial charge < -0.3 is 5.32 Å². The zero-order valence-electron chi connectivity index (χ0n) is 16.6. The van der Waals surface area contributed by atoms with E-state index in [1.807, 2.05) is 0 Å². The van der Waals surface area contributed by atoms with Crippen molar-refractivity contribution in [3.05, 3.63) is 28.8 Å². The summed E-state index contributed by atoms with van der Waals surface area (Å²) in [6, 6.07) is 4.43. The molecular formula is C21H29ClN2O3S. The fraction of sp³-hybridized carbons (Fsp3) is 0.667. The molecule has 1 N–H and O–H groups in total. The highest BCUT2D eigenvalue weighted by Crippen LogP contribution is 2.61. The van der Waals surface area contributed by atoms with Gasteiger partial charge in [-0.1, -0.05) is 11.6 Å². The SMILES string of the molecule is CN(C)S(=O)(=O)c1cc(C(=O)NCCC23CC4CC(CC(C4)C2)C3)ccc1Cl. The van der Waals surface area contributed by atoms with Crippen molar-refractivity contribution in [2.45, 2.75) is 49.8 Å². The number of benzene rings is 1. The van der Waals surface area contributed by atoms with Crippen molar-refractivity contribution in [2.75, 3.05) is 20.6 Å². The topological polar surface area (TPSA) is 66.5 Å². The van der Waals surface area contributed by atoms with Crippen LogP contribution in [0.5, 0.6) is 0 Å². The number of nitrogens with one attached hydrogen (secondary N) is 1. The minimum absolute atomic E-state index is 0.0344. The summed E-state index contributed by atoms with van der Waals surface area (Å²) in [7, 11) is -0.797. The maximum Gasteiger partial charge on any atom is 0.251 e. The van der Waals surface area contributed by atoms with Gasteiger partial charge in [-0.15, -0.1) is 0 Å². The van der Waals surface area contributed by atoms with Crippen LogP contribution < -0.4 is 5.32 Å². The summed E-state index contributed by atoms with van der Waals surface area (Å²) < 4.78 is 25.9. The molecule has 5 nitrogen and oxygen atoms in total. The van der Waals surface area contributed by atoms with E-state index < -0.39 is 10.0 Å². The minimum atomic E-state index is -3.69. The highest BCUT2D eigenvalue weighted by molar-refractivity contribution is 7.89. The van der Waals surface area contributed by atoms with E-state index in [9.17, 15) is 13.2 Å². The number of amides is 1. The van der Waals surface area contributed by atoms with Crippen LogP contribution in [0, 0.1) is 23.2 Å². The Labute approximate surface area is 172 Å². The van der Waals surface area contributed by atoms with Gasteiger partial charge in [0, 0.05) is 26.2 Å². The van der Waals surface area contributed by atoms with E-state index in [2.05, 4.69) is 5.32 Å². The van der Waals surface area contributed by atoms with Crippen molar-refractivity contribution in [3.63, 3.8) is 0 Å². The van der Waals surface area contributed by atoms with Gasteiger partial charge >= 0.3 is 0 Å². The van der Waals surface area contributed by atoms with Crippen molar-refractivity contribution in [1.82, 2.24) is 9.62 Å². The van der Waals surface area contributed by atoms with Crippen LogP contribution in [0.15, 0.2) is 23.1 Å². The van der Waals surface area contributed by atoms with Crippen LogP contribution in [-0.2, 0) is 10.0 Å². The van der Waals surface area contributed by atoms with Crippen molar-refractivity contribution < 1.29 is 13.2 Å². The van der Waals surface area contributed by atoms with Gasteiger partial charge in [-0.25, -0.2) is 12.7 Å². The molecule has 154 valence electrons. The first kappa shape index (κ1) is 20.2. The molecule has 5 rings (SSSR count). The molecule has 0 heterocycles. The lowest BCUT2D eigenvalue weighted by Gasteiger charge is -2.57. The normalized spacial score (nSPS) is 31.4. The van der Waals surface area contributed by atoms with Gasteiger partial charge in [0.25, 0.3) is 5.91 Å². The Morgan fingerprint density at radius 2 is 1.71 bits per heavy atom. The summed E-state index contributed by atoms with van der Waals surface area (Å²) >= 11 is 6.07. The third-order valence-electron chi connectivity index (χ3n) is 7.06. The third-order valence-corrected chi connectivity index (χ3v) is 9.35. The number of carbonyl (C=O) groups excluding carboxylic acids is 1. The molecule has 0 saturated heterocycles. The predicted octanol–water partition coefficient (Wildman–Crippen LogP) is 3.93. The second-order valence-electron chi connectivity index (χ2n) is 9.36. The van der Waals surface area contributed by atoms with Gasteiger partial charge in [-0.2, -0.15) is 0 Å². The summed E-state index contributed by atoms with van der Waals surface area (Å²) in [5.74, 6) is 2.46. The number of rotatable bonds is 6. The maximum atomic E-state index is 12.6. The van der Waals surface area contributed by atoms with Gasteiger partial charge in [0.1, 0.15) is 4.90 Å². The number of nitrogens with zero attached hydrogens (tertiary/aromatic N) is 1. The second-order valence-corrected chi connectivity index (χ2v) is 11.9. The molecule has 0 atom stereocenters. The third kappa shape index (κ3) is 3.71. The zero-order chi connectivity index (χ0) is 20.1. The second kappa shape index (κ2) is 7.29. The Balaban J connectivity index is 1.41. The molecule has 7 heteroatoms. The zero-order valence-corrected chi connectivity index (χ0v) is 18.2. The number of hydrogen-bond donors (Lipinski definition) is 1. The van der Waals surface area contributed by atoms with E-state index in [1.54, 1.807) is 6.07 Å². The quantitative estimate of drug-likeness (QED) is 0.752. The first-order valence-electron chi connectivity index (χ1n) is 10.2. The lowest BCUT2D eigenvalue weighted by Crippen LogP contribution is -2.47. The summed E-state index contributed by atoms with van der Waals surface area (Å²) in [5.41, 5.74) is 0.747. The average Bonchev–Trinajstić information content (AvgIpc) is 2.60. The first-order chi connectivity index (χ1) is 13.2. The Bertz CT molecular complexity index is 846. The van der Waals surface area contributed by atoms with Crippen LogP contribution in [0.4, 0.5) is 0 Å². The van der Waals surface area contributed by atoms with Gasteiger partial charge in [0.05, 0.1) is 5.02 Å². The van der Waals surface area contributed by atoms with E-state index in [0.717, 1.165) is 28.5 Å². The van der Waals surface area contributed by atoms with E-state index in [4.69, 9.17) is 11.6 Å². The first-order valence-corrected chi connectivity index (χ1v) is 12.0. The molecular weight excluding hydrogens is 396 g/mol. The van der Waals surface area contributed by atoms with E-state index >= 15 is 0 Å². The van der Waals surface area contributed by atoms with E-state index in [1.165, 1.54) is 64.8 Å². The van der Waals surface area contributed by atoms with Gasteiger partial charge in [0.2, 0.25) is 10.0 Å². The molecule has 0 radical (unpaired) electrons. The smallest absolute Gasteiger partial charge is 0.251 e. The van der Waals surface area contributed by atoms with Crippen LogP contribution in [0.25, 0.3) is 0 Å². The minimum Gasteiger partial charge on any atom is -0.352 e. The Morgan fingerprint density at radius 1 is 1.14 bits per heavy atom. The number of carbonyl (C=O) groups is 1. The molecule has 0 unspecified atom stereocenters. The molecule has 1 aromatic rings. The number of sulfonamides is 1. The predicted molar refractivity (Wildman–Crippen MR) is 110 cm³/mol. The Morgan fingerprint density at radius 3 is 2.25 bits per heavy atom. The van der Waals surface area contributed by atoms with Gasteiger partial charge in [-0.3, -0.25) is 4.79 Å². The van der Waals surface area contributed by atoms with Crippen molar-refractivity contribution >= 4 is 27.5 Å². The monoisotopic (exact) mass is 424 g/mol. The number of hydrogen-bond acceptors (Lipinski definition) is 3. The van der Waals surface area contributed by atoms with Crippen LogP contribution in [0.2, 0.25) is 5.02 Å². The Hall–Kier alpha value is -1.11. The van der Waals surface area contributed by atoms with E-state index in [0.29, 0.717) is 17.5 Å². The Kier molecular flexibility index (Phi) is 5.26. The molecule has 1 amide bonds. The molecule has 1 aromatic carbocycles. The molecule has 0 aromatic heterocycles. The van der Waals surface area contributed by atoms with Crippen LogP contribution in [0.3, 0.4) is 0 Å². The molecule has 4 aliphatic rings. The van der Waals surface area contributed by atoms with Crippen molar-refractivity contribution in [3.8, 4) is 0 Å². The molecule has 4 fully saturated rings. The fourth-order valence-corrected chi connectivity index (χ4v) is 7.57. The van der Waals surface area contributed by atoms with Crippen molar-refractivity contribution in [2.24, 2.45) is 23.2 Å². The summed E-state index contributed by atoms with van der Waals surface area (Å²) in [5, 5.41) is 3.13. The fourth-order valence-electron chi connectivity index (χ4n) is 6.18. The molecule has 4 aliphatic carbocycles. The van der Waals surface area contributed by atoms with Crippen LogP contribution >= 0.6 is 11.6 Å². The molecule has 0 aliphatic heterocycles. The summed E-state index contributed by atoms with van der Waals surface area (Å²) in [6.07, 6.45) is 9.24. The largest absolute Gasteiger partial charge is 0.352 e. The molecule has 4 saturated carbocycles. The van der Waals surface area contributed by atoms with Crippen LogP contribution in [0.1, 0.15) is 55.3 Å². The standard InChI is InChI=1S/C21H29ClN2O3S/c1-24(2)28(26,27)19-10-17(3-4-18(19)22)20(25)23-6-5-21-11-14-7-15(12-21)9-16(8-14)13-21/h3-4,10,14-16H,5-9,11-13H2,1-2H3,(H,23,25). The van der Waals surface area contributed by atoms with Crippen LogP contribution in [-0.4, -0.2) is 39.3 Å². The summed E-state index contributed by atoms with van der Waals surface area (Å²) in [6.45, 7) is 0.642. The molecule has 28 heavy (non-hydrogen) atoms. The highest BCUT2D eigenvalue weighted by atomic mass is 35.5. The summed E-state index contributed by atoms with van der Waals surface area (Å²) in [4.78, 5) is 12.6. The van der Waals surface area contributed by atoms with Gasteiger partial charge in [-0.05, 0) is 86.3 Å². The molecule has 0 spiro atoms. The van der Waals surface area contributed by atoms with E-state index in [-0.39, 0.29) is 15.8 Å². The van der Waals surface area contributed by atoms with Crippen molar-refractivity contribution in [1.29, 1.82) is 0 Å². The lowest BCUT2D eigenvalue weighted by molar-refractivity contribution is -0.0564. The lowest BCUT2D eigenvalue weighted by atomic mass is 9.49. The van der Waals surface area contributed by atoms with Gasteiger partial charge in [0.15, 0.2) is 0 Å². The number of halogens is 1. The average molecular weight is 425 g/mol. The molecule has 4 bridgehead atoms. The maximum absolute atomic E-state index is 12.6. The highest BCUT2D eigenvalue weighted by Gasteiger charge is 2.50.